The molecule has 4 heteroatoms. The summed E-state index contributed by atoms with van der Waals surface area (Å²) in [5.41, 5.74) is -0.996. The van der Waals surface area contributed by atoms with Gasteiger partial charge in [-0.05, 0) is 78.9 Å². The highest BCUT2D eigenvalue weighted by atomic mass is 16.6. The molecule has 132 valence electrons. The first-order valence-electron chi connectivity index (χ1n) is 10.5. The van der Waals surface area contributed by atoms with Gasteiger partial charge in [-0.3, -0.25) is 9.59 Å². The molecule has 8 aliphatic carbocycles. The fourth-order valence-electron chi connectivity index (χ4n) is 11.9. The van der Waals surface area contributed by atoms with Crippen LogP contribution in [0.2, 0.25) is 0 Å². The molecule has 13 atom stereocenters. The Bertz CT molecular complexity index is 758. The van der Waals surface area contributed by atoms with Gasteiger partial charge in [-0.15, -0.1) is 0 Å². The molecule has 1 saturated heterocycles. The van der Waals surface area contributed by atoms with Crippen LogP contribution < -0.4 is 0 Å². The molecule has 0 aromatic heterocycles. The highest BCUT2D eigenvalue weighted by Crippen LogP contribution is 2.98. The third kappa shape index (κ3) is 0.848. The Hall–Kier alpha value is -1.06. The van der Waals surface area contributed by atoms with Gasteiger partial charge in [-0.25, -0.2) is 0 Å². The van der Waals surface area contributed by atoms with Crippen LogP contribution in [0.4, 0.5) is 0 Å². The van der Waals surface area contributed by atoms with Crippen molar-refractivity contribution in [3.05, 3.63) is 0 Å². The number of fused-ring (bicyclic) bond motifs is 1. The van der Waals surface area contributed by atoms with Gasteiger partial charge in [0.05, 0.1) is 17.9 Å². The van der Waals surface area contributed by atoms with Crippen LogP contribution in [0.1, 0.15) is 32.1 Å². The summed E-state index contributed by atoms with van der Waals surface area (Å²) in [7, 11) is 1.55. The monoisotopic (exact) mass is 340 g/mol. The van der Waals surface area contributed by atoms with Gasteiger partial charge in [0.25, 0.3) is 0 Å². The smallest absolute Gasteiger partial charge is 0.314 e. The summed E-state index contributed by atoms with van der Waals surface area (Å²) in [5, 5.41) is 0. The summed E-state index contributed by atoms with van der Waals surface area (Å²) in [6, 6.07) is 0. The Labute approximate surface area is 147 Å². The van der Waals surface area contributed by atoms with Gasteiger partial charge in [0, 0.05) is 5.92 Å². The van der Waals surface area contributed by atoms with Crippen molar-refractivity contribution < 1.29 is 19.1 Å². The zero-order valence-electron chi connectivity index (χ0n) is 14.5. The minimum Gasteiger partial charge on any atom is -0.469 e. The lowest BCUT2D eigenvalue weighted by atomic mass is 9.43. The molecule has 8 saturated carbocycles. The number of esters is 2. The van der Waals surface area contributed by atoms with E-state index in [1.165, 1.54) is 19.3 Å². The van der Waals surface area contributed by atoms with Crippen molar-refractivity contribution in [3.63, 3.8) is 0 Å². The second kappa shape index (κ2) is 3.41. The first-order chi connectivity index (χ1) is 12.2. The average molecular weight is 340 g/mol. The first-order valence-corrected chi connectivity index (χ1v) is 10.5. The van der Waals surface area contributed by atoms with E-state index < -0.39 is 10.8 Å². The molecular weight excluding hydrogens is 316 g/mol. The largest absolute Gasteiger partial charge is 0.469 e. The van der Waals surface area contributed by atoms with Crippen LogP contribution in [-0.2, 0) is 19.1 Å². The Balaban J connectivity index is 1.48. The minimum atomic E-state index is -0.508. The van der Waals surface area contributed by atoms with Gasteiger partial charge in [-0.1, -0.05) is 6.42 Å². The van der Waals surface area contributed by atoms with Gasteiger partial charge in [0.15, 0.2) is 0 Å². The maximum absolute atomic E-state index is 13.6. The fraction of sp³-hybridized carbons (Fsp3) is 0.905. The van der Waals surface area contributed by atoms with E-state index in [2.05, 4.69) is 0 Å². The van der Waals surface area contributed by atoms with Gasteiger partial charge in [0.1, 0.15) is 6.10 Å². The zero-order valence-corrected chi connectivity index (χ0v) is 14.5. The van der Waals surface area contributed by atoms with Crippen molar-refractivity contribution in [2.24, 2.45) is 70.0 Å². The molecular formula is C21H24O4. The number of rotatable bonds is 1. The Kier molecular flexibility index (Phi) is 1.79. The molecule has 8 bridgehead atoms. The lowest BCUT2D eigenvalue weighted by molar-refractivity contribution is -0.232. The van der Waals surface area contributed by atoms with E-state index in [9.17, 15) is 9.59 Å². The molecule has 4 nitrogen and oxygen atoms in total. The molecule has 0 amide bonds. The highest BCUT2D eigenvalue weighted by molar-refractivity contribution is 5.95. The minimum absolute atomic E-state index is 0.0253. The molecule has 25 heavy (non-hydrogen) atoms. The lowest BCUT2D eigenvalue weighted by Crippen LogP contribution is -2.68. The summed E-state index contributed by atoms with van der Waals surface area (Å²) in [6.07, 6.45) is 6.18. The van der Waals surface area contributed by atoms with Gasteiger partial charge < -0.3 is 9.47 Å². The van der Waals surface area contributed by atoms with Crippen LogP contribution in [0.3, 0.4) is 0 Å². The second-order valence-corrected chi connectivity index (χ2v) is 10.5. The molecule has 0 aromatic carbocycles. The van der Waals surface area contributed by atoms with Gasteiger partial charge in [0.2, 0.25) is 0 Å². The van der Waals surface area contributed by atoms with Crippen LogP contribution in [-0.4, -0.2) is 25.2 Å². The maximum Gasteiger partial charge on any atom is 0.314 e. The van der Waals surface area contributed by atoms with Gasteiger partial charge in [-0.2, -0.15) is 0 Å². The average Bonchev–Trinajstić information content (AvgIpc) is 3.36. The van der Waals surface area contributed by atoms with Crippen LogP contribution in [0.5, 0.6) is 0 Å². The van der Waals surface area contributed by atoms with Crippen molar-refractivity contribution in [2.45, 2.75) is 38.2 Å². The molecule has 9 fully saturated rings. The summed E-state index contributed by atoms with van der Waals surface area (Å²) in [4.78, 5) is 27.1. The van der Waals surface area contributed by atoms with Crippen molar-refractivity contribution >= 4 is 11.9 Å². The van der Waals surface area contributed by atoms with Crippen LogP contribution in [0, 0.1) is 70.0 Å². The van der Waals surface area contributed by atoms with E-state index in [0.29, 0.717) is 59.2 Å². The van der Waals surface area contributed by atoms with E-state index in [4.69, 9.17) is 9.47 Å². The predicted octanol–water partition coefficient (Wildman–Crippen LogP) is 2.27. The number of carbonyl (C=O) groups is 2. The summed E-state index contributed by atoms with van der Waals surface area (Å²) < 4.78 is 11.6. The number of methoxy groups -OCH3 is 1. The van der Waals surface area contributed by atoms with Crippen LogP contribution in [0.15, 0.2) is 0 Å². The molecule has 0 aromatic rings. The number of hydrogen-bond donors (Lipinski definition) is 0. The molecule has 9 aliphatic rings. The summed E-state index contributed by atoms with van der Waals surface area (Å²) in [5.74, 6) is 5.53. The van der Waals surface area contributed by atoms with E-state index >= 15 is 0 Å². The van der Waals surface area contributed by atoms with E-state index in [-0.39, 0.29) is 18.0 Å². The molecule has 0 unspecified atom stereocenters. The topological polar surface area (TPSA) is 52.6 Å². The van der Waals surface area contributed by atoms with Gasteiger partial charge >= 0.3 is 11.9 Å². The van der Waals surface area contributed by atoms with Crippen LogP contribution in [0.25, 0.3) is 0 Å². The molecule has 0 N–H and O–H groups in total. The molecule has 1 aliphatic heterocycles. The van der Waals surface area contributed by atoms with E-state index in [1.807, 2.05) is 0 Å². The molecule has 0 radical (unpaired) electrons. The zero-order chi connectivity index (χ0) is 16.5. The lowest BCUT2D eigenvalue weighted by Gasteiger charge is -2.60. The fourth-order valence-corrected chi connectivity index (χ4v) is 11.9. The summed E-state index contributed by atoms with van der Waals surface area (Å²) >= 11 is 0. The molecule has 1 spiro atoms. The van der Waals surface area contributed by atoms with Crippen molar-refractivity contribution in [1.82, 2.24) is 0 Å². The third-order valence-corrected chi connectivity index (χ3v) is 11.1. The Morgan fingerprint density at radius 1 is 0.960 bits per heavy atom. The number of hydrogen-bond acceptors (Lipinski definition) is 4. The Morgan fingerprint density at radius 2 is 1.68 bits per heavy atom. The van der Waals surface area contributed by atoms with E-state index in [1.54, 1.807) is 7.11 Å². The predicted molar refractivity (Wildman–Crippen MR) is 84.7 cm³/mol. The molecule has 1 heterocycles. The Morgan fingerprint density at radius 3 is 2.48 bits per heavy atom. The van der Waals surface area contributed by atoms with Crippen molar-refractivity contribution in [2.75, 3.05) is 7.11 Å². The third-order valence-electron chi connectivity index (χ3n) is 11.1. The number of ether oxygens (including phenoxy) is 2. The van der Waals surface area contributed by atoms with Crippen LogP contribution >= 0.6 is 0 Å². The highest BCUT2D eigenvalue weighted by Gasteiger charge is 3.02. The SMILES string of the molecule is COC(=O)[C@@]12[C@@H]3[C@@H]4CC[C@@H]5OC(=O)[C@@]16[C@H]([C@H]3[C@@H]1[C@@H]6[C@H]3CCC[C@H]3[C@@H]12)[C@H]45. The quantitative estimate of drug-likeness (QED) is 0.687. The van der Waals surface area contributed by atoms with E-state index in [0.717, 1.165) is 12.8 Å². The summed E-state index contributed by atoms with van der Waals surface area (Å²) in [6.45, 7) is 0. The second-order valence-electron chi connectivity index (χ2n) is 10.5. The first kappa shape index (κ1) is 13.2. The van der Waals surface area contributed by atoms with Crippen molar-refractivity contribution in [1.29, 1.82) is 0 Å². The van der Waals surface area contributed by atoms with Crippen molar-refractivity contribution in [3.8, 4) is 0 Å². The standard InChI is InChI=1S/C21H24O4/c1-24-18(22)20-14-7-3-2-4-8(7)15-12(14)13-16(20)9-5-6-10-11(9)17(13)21(15,20)19(23)25-10/h7-17H,2-6H2,1H3/t7-,8+,9-,10+,11-,12+,13+,14+,15+,16-,17+,20-,21-/m1/s1. The number of carbonyl (C=O) groups excluding carboxylic acids is 2. The normalized spacial score (nSPS) is 71.1. The maximum atomic E-state index is 13.6. The molecule has 9 rings (SSSR count).